The van der Waals surface area contributed by atoms with Gasteiger partial charge < -0.3 is 4.90 Å². The van der Waals surface area contributed by atoms with E-state index >= 15 is 0 Å². The number of benzene rings is 1. The summed E-state index contributed by atoms with van der Waals surface area (Å²) in [6.45, 7) is 0.824. The molecule has 0 spiro atoms. The van der Waals surface area contributed by atoms with E-state index in [2.05, 4.69) is 16.1 Å². The molecule has 0 unspecified atom stereocenters. The van der Waals surface area contributed by atoms with Crippen molar-refractivity contribution in [2.24, 2.45) is 0 Å². The standard InChI is InChI=1S/C17H14F2N3/c18-12-3-4-16(19)15(10-12)17-2-1-8-21(17)13-6-9-22-14(11-13)5-7-20-22/h3-4,6-7,9-11,17H,1-2,8H2/t17-/m0/s1. The second-order valence-electron chi connectivity index (χ2n) is 5.52. The predicted octanol–water partition coefficient (Wildman–Crippen LogP) is 3.75. The van der Waals surface area contributed by atoms with Gasteiger partial charge >= 0.3 is 0 Å². The molecule has 1 atom stereocenters. The molecule has 22 heavy (non-hydrogen) atoms. The van der Waals surface area contributed by atoms with E-state index in [0.717, 1.165) is 36.7 Å². The Labute approximate surface area is 126 Å². The first kappa shape index (κ1) is 13.2. The van der Waals surface area contributed by atoms with Crippen molar-refractivity contribution in [1.29, 1.82) is 0 Å². The largest absolute Gasteiger partial charge is 0.364 e. The number of nitrogens with zero attached hydrogens (tertiary/aromatic N) is 3. The van der Waals surface area contributed by atoms with Crippen molar-refractivity contribution in [3.63, 3.8) is 0 Å². The maximum atomic E-state index is 14.1. The zero-order chi connectivity index (χ0) is 15.1. The number of anilines is 1. The van der Waals surface area contributed by atoms with Crippen molar-refractivity contribution in [3.05, 3.63) is 66.0 Å². The fourth-order valence-electron chi connectivity index (χ4n) is 3.19. The van der Waals surface area contributed by atoms with Gasteiger partial charge in [0.25, 0.3) is 0 Å². The molecule has 1 saturated heterocycles. The lowest BCUT2D eigenvalue weighted by atomic mass is 10.0. The van der Waals surface area contributed by atoms with Crippen LogP contribution in [0, 0.1) is 17.7 Å². The molecule has 1 fully saturated rings. The van der Waals surface area contributed by atoms with Gasteiger partial charge in [0.15, 0.2) is 0 Å². The van der Waals surface area contributed by atoms with Gasteiger partial charge in [-0.25, -0.2) is 13.3 Å². The summed E-state index contributed by atoms with van der Waals surface area (Å²) < 4.78 is 29.3. The summed E-state index contributed by atoms with van der Waals surface area (Å²) in [5, 5.41) is 4.12. The minimum atomic E-state index is -0.400. The van der Waals surface area contributed by atoms with Crippen LogP contribution < -0.4 is 4.90 Å². The molecule has 3 nitrogen and oxygen atoms in total. The van der Waals surface area contributed by atoms with Crippen molar-refractivity contribution in [1.82, 2.24) is 9.61 Å². The van der Waals surface area contributed by atoms with Gasteiger partial charge in [-0.15, -0.1) is 0 Å². The second kappa shape index (κ2) is 5.09. The molecule has 0 N–H and O–H groups in total. The number of rotatable bonds is 2. The average molecular weight is 298 g/mol. The van der Waals surface area contributed by atoms with Gasteiger partial charge in [0.05, 0.1) is 17.8 Å². The van der Waals surface area contributed by atoms with Crippen LogP contribution in [0.4, 0.5) is 14.5 Å². The number of pyridine rings is 1. The van der Waals surface area contributed by atoms with E-state index in [4.69, 9.17) is 0 Å². The summed E-state index contributed by atoms with van der Waals surface area (Å²) in [6.07, 6.45) is 5.24. The van der Waals surface area contributed by atoms with E-state index in [9.17, 15) is 8.78 Å². The Morgan fingerprint density at radius 2 is 2.09 bits per heavy atom. The summed E-state index contributed by atoms with van der Waals surface area (Å²) in [5.74, 6) is -0.752. The van der Waals surface area contributed by atoms with Crippen LogP contribution in [-0.2, 0) is 0 Å². The van der Waals surface area contributed by atoms with Crippen molar-refractivity contribution in [2.75, 3.05) is 11.4 Å². The molecule has 2 aromatic heterocycles. The normalized spacial score (nSPS) is 18.3. The topological polar surface area (TPSA) is 20.5 Å². The van der Waals surface area contributed by atoms with Crippen LogP contribution in [0.2, 0.25) is 0 Å². The van der Waals surface area contributed by atoms with Gasteiger partial charge in [0.2, 0.25) is 0 Å². The Bertz CT molecular complexity index is 828. The second-order valence-corrected chi connectivity index (χ2v) is 5.52. The maximum absolute atomic E-state index is 14.1. The highest BCUT2D eigenvalue weighted by molar-refractivity contribution is 5.60. The molecule has 1 aromatic carbocycles. The third-order valence-electron chi connectivity index (χ3n) is 4.21. The van der Waals surface area contributed by atoms with Gasteiger partial charge in [-0.05, 0) is 43.2 Å². The van der Waals surface area contributed by atoms with Gasteiger partial charge in [-0.3, -0.25) is 0 Å². The molecule has 111 valence electrons. The summed E-state index contributed by atoms with van der Waals surface area (Å²) in [7, 11) is 0. The smallest absolute Gasteiger partial charge is 0.128 e. The maximum Gasteiger partial charge on any atom is 0.128 e. The number of hydrogen-bond acceptors (Lipinski definition) is 2. The average Bonchev–Trinajstić information content (AvgIpc) is 3.17. The van der Waals surface area contributed by atoms with E-state index in [1.807, 2.05) is 18.3 Å². The molecule has 1 aliphatic rings. The van der Waals surface area contributed by atoms with E-state index in [-0.39, 0.29) is 11.9 Å². The predicted molar refractivity (Wildman–Crippen MR) is 79.7 cm³/mol. The number of hydrogen-bond donors (Lipinski definition) is 0. The highest BCUT2D eigenvalue weighted by Crippen LogP contribution is 2.37. The van der Waals surface area contributed by atoms with E-state index in [0.29, 0.717) is 5.56 Å². The van der Waals surface area contributed by atoms with Crippen LogP contribution in [0.1, 0.15) is 24.4 Å². The molecular formula is C17H14F2N3. The minimum Gasteiger partial charge on any atom is -0.364 e. The molecule has 0 amide bonds. The lowest BCUT2D eigenvalue weighted by Gasteiger charge is -2.27. The molecular weight excluding hydrogens is 284 g/mol. The molecule has 5 heteroatoms. The monoisotopic (exact) mass is 298 g/mol. The van der Waals surface area contributed by atoms with Crippen LogP contribution in [0.3, 0.4) is 0 Å². The zero-order valence-electron chi connectivity index (χ0n) is 11.8. The van der Waals surface area contributed by atoms with Crippen LogP contribution in [0.5, 0.6) is 0 Å². The first-order valence-electron chi connectivity index (χ1n) is 7.29. The molecule has 1 radical (unpaired) electrons. The number of fused-ring (bicyclic) bond motifs is 1. The van der Waals surface area contributed by atoms with Crippen molar-refractivity contribution < 1.29 is 8.78 Å². The molecule has 1 aliphatic heterocycles. The van der Waals surface area contributed by atoms with Gasteiger partial charge in [-0.2, -0.15) is 5.10 Å². The van der Waals surface area contributed by atoms with E-state index in [1.54, 1.807) is 10.7 Å². The Morgan fingerprint density at radius 1 is 1.18 bits per heavy atom. The van der Waals surface area contributed by atoms with Crippen LogP contribution in [0.15, 0.2) is 42.7 Å². The van der Waals surface area contributed by atoms with Crippen LogP contribution >= 0.6 is 0 Å². The quantitative estimate of drug-likeness (QED) is 0.718. The Hall–Kier alpha value is -2.43. The summed E-state index contributed by atoms with van der Waals surface area (Å²) in [5.41, 5.74) is 2.27. The molecule has 4 rings (SSSR count). The van der Waals surface area contributed by atoms with E-state index < -0.39 is 5.82 Å². The Morgan fingerprint density at radius 3 is 3.00 bits per heavy atom. The first-order chi connectivity index (χ1) is 10.7. The molecule has 3 aromatic rings. The van der Waals surface area contributed by atoms with Crippen molar-refractivity contribution in [2.45, 2.75) is 18.9 Å². The highest BCUT2D eigenvalue weighted by atomic mass is 19.1. The van der Waals surface area contributed by atoms with Gasteiger partial charge in [-0.1, -0.05) is 0 Å². The number of halogens is 2. The fraction of sp³-hybridized carbons (Fsp3) is 0.235. The SMILES string of the molecule is Fc1ccc(F)c([C@@H]2CCCN2c2ccn3nc[c]c3c2)c1. The van der Waals surface area contributed by atoms with Gasteiger partial charge in [0, 0.05) is 30.1 Å². The lowest BCUT2D eigenvalue weighted by Crippen LogP contribution is -2.23. The Kier molecular flexibility index (Phi) is 3.06. The first-order valence-corrected chi connectivity index (χ1v) is 7.29. The summed E-state index contributed by atoms with van der Waals surface area (Å²) >= 11 is 0. The van der Waals surface area contributed by atoms with Crippen LogP contribution in [-0.4, -0.2) is 16.2 Å². The van der Waals surface area contributed by atoms with Crippen LogP contribution in [0.25, 0.3) is 5.52 Å². The lowest BCUT2D eigenvalue weighted by molar-refractivity contribution is 0.561. The summed E-state index contributed by atoms with van der Waals surface area (Å²) in [6, 6.07) is 10.5. The molecule has 3 heterocycles. The zero-order valence-corrected chi connectivity index (χ0v) is 11.8. The number of aromatic nitrogens is 2. The highest BCUT2D eigenvalue weighted by Gasteiger charge is 2.28. The Balaban J connectivity index is 1.75. The third-order valence-corrected chi connectivity index (χ3v) is 4.21. The molecule has 0 saturated carbocycles. The fourth-order valence-corrected chi connectivity index (χ4v) is 3.19. The summed E-state index contributed by atoms with van der Waals surface area (Å²) in [4.78, 5) is 2.12. The minimum absolute atomic E-state index is 0.138. The molecule has 0 aliphatic carbocycles. The molecule has 0 bridgehead atoms. The van der Waals surface area contributed by atoms with Crippen molar-refractivity contribution >= 4 is 11.2 Å². The van der Waals surface area contributed by atoms with Gasteiger partial charge in [0.1, 0.15) is 11.6 Å². The third kappa shape index (κ3) is 2.13. The van der Waals surface area contributed by atoms with E-state index in [1.165, 1.54) is 12.1 Å². The van der Waals surface area contributed by atoms with Crippen molar-refractivity contribution in [3.8, 4) is 0 Å².